The zero-order valence-electron chi connectivity index (χ0n) is 9.50. The molecule has 0 aliphatic rings. The summed E-state index contributed by atoms with van der Waals surface area (Å²) in [6, 6.07) is 6.60. The standard InChI is InChI=1S/C12H12N2O3S/c15-11(16)9-3-1-2-4-10(9)17-7-8-18-12-13-5-6-14-12/h1-6H,7-8H2,(H,13,14)(H,15,16). The molecule has 0 bridgehead atoms. The van der Waals surface area contributed by atoms with E-state index in [4.69, 9.17) is 9.84 Å². The SMILES string of the molecule is O=C(O)c1ccccc1OCCSc1ncc[nH]1. The highest BCUT2D eigenvalue weighted by Crippen LogP contribution is 2.18. The lowest BCUT2D eigenvalue weighted by Crippen LogP contribution is -2.05. The highest BCUT2D eigenvalue weighted by atomic mass is 32.2. The number of nitrogens with one attached hydrogen (secondary N) is 1. The Hall–Kier alpha value is -1.95. The molecule has 0 saturated carbocycles. The number of carbonyl (C=O) groups is 1. The number of ether oxygens (including phenoxy) is 1. The largest absolute Gasteiger partial charge is 0.492 e. The molecule has 0 fully saturated rings. The number of rotatable bonds is 6. The molecule has 1 heterocycles. The topological polar surface area (TPSA) is 75.2 Å². The number of nitrogens with zero attached hydrogens (tertiary/aromatic N) is 1. The molecule has 0 radical (unpaired) electrons. The number of imidazole rings is 1. The highest BCUT2D eigenvalue weighted by Gasteiger charge is 2.09. The van der Waals surface area contributed by atoms with Crippen LogP contribution in [-0.4, -0.2) is 33.4 Å². The molecule has 2 aromatic rings. The minimum Gasteiger partial charge on any atom is -0.492 e. The third-order valence-electron chi connectivity index (χ3n) is 2.17. The molecule has 1 aromatic carbocycles. The van der Waals surface area contributed by atoms with E-state index in [1.54, 1.807) is 30.6 Å². The van der Waals surface area contributed by atoms with Crippen LogP contribution in [-0.2, 0) is 0 Å². The molecule has 0 unspecified atom stereocenters. The van der Waals surface area contributed by atoms with Gasteiger partial charge in [0.15, 0.2) is 5.16 Å². The zero-order chi connectivity index (χ0) is 12.8. The average molecular weight is 264 g/mol. The van der Waals surface area contributed by atoms with E-state index in [2.05, 4.69) is 9.97 Å². The summed E-state index contributed by atoms with van der Waals surface area (Å²) < 4.78 is 5.45. The van der Waals surface area contributed by atoms with Gasteiger partial charge in [-0.3, -0.25) is 0 Å². The maximum Gasteiger partial charge on any atom is 0.339 e. The number of hydrogen-bond donors (Lipinski definition) is 2. The molecule has 1 aromatic heterocycles. The number of para-hydroxylation sites is 1. The number of aromatic nitrogens is 2. The van der Waals surface area contributed by atoms with Gasteiger partial charge in [0, 0.05) is 18.1 Å². The van der Waals surface area contributed by atoms with Gasteiger partial charge < -0.3 is 14.8 Å². The fourth-order valence-corrected chi connectivity index (χ4v) is 2.04. The van der Waals surface area contributed by atoms with Crippen molar-refractivity contribution in [2.45, 2.75) is 5.16 Å². The molecule has 0 saturated heterocycles. The first-order valence-corrected chi connectivity index (χ1v) is 6.33. The van der Waals surface area contributed by atoms with Crippen molar-refractivity contribution in [3.05, 3.63) is 42.2 Å². The number of carboxylic acid groups (broad SMARTS) is 1. The molecule has 0 aliphatic heterocycles. The summed E-state index contributed by atoms with van der Waals surface area (Å²) in [6.45, 7) is 0.426. The van der Waals surface area contributed by atoms with Gasteiger partial charge in [0.25, 0.3) is 0 Å². The predicted octanol–water partition coefficient (Wildman–Crippen LogP) is 2.28. The van der Waals surface area contributed by atoms with Crippen LogP contribution in [0.1, 0.15) is 10.4 Å². The smallest absolute Gasteiger partial charge is 0.339 e. The maximum atomic E-state index is 10.9. The number of benzene rings is 1. The van der Waals surface area contributed by atoms with Crippen LogP contribution in [0, 0.1) is 0 Å². The molecule has 6 heteroatoms. The Bertz CT molecular complexity index is 514. The van der Waals surface area contributed by atoms with Gasteiger partial charge in [0.1, 0.15) is 11.3 Å². The van der Waals surface area contributed by atoms with Crippen molar-refractivity contribution in [3.8, 4) is 5.75 Å². The van der Waals surface area contributed by atoms with Crippen LogP contribution < -0.4 is 4.74 Å². The van der Waals surface area contributed by atoms with Crippen molar-refractivity contribution in [1.29, 1.82) is 0 Å². The van der Waals surface area contributed by atoms with Gasteiger partial charge in [-0.15, -0.1) is 0 Å². The van der Waals surface area contributed by atoms with Crippen LogP contribution in [0.4, 0.5) is 0 Å². The van der Waals surface area contributed by atoms with Gasteiger partial charge in [0.2, 0.25) is 0 Å². The summed E-state index contributed by atoms with van der Waals surface area (Å²) in [7, 11) is 0. The molecule has 0 spiro atoms. The first-order valence-electron chi connectivity index (χ1n) is 5.34. The lowest BCUT2D eigenvalue weighted by atomic mass is 10.2. The Morgan fingerprint density at radius 3 is 3.00 bits per heavy atom. The summed E-state index contributed by atoms with van der Waals surface area (Å²) in [5.74, 6) is 0.107. The first-order chi connectivity index (χ1) is 8.77. The van der Waals surface area contributed by atoms with Gasteiger partial charge in [-0.05, 0) is 12.1 Å². The van der Waals surface area contributed by atoms with E-state index in [-0.39, 0.29) is 5.56 Å². The number of carboxylic acids is 1. The molecule has 5 nitrogen and oxygen atoms in total. The normalized spacial score (nSPS) is 10.2. The lowest BCUT2D eigenvalue weighted by molar-refractivity contribution is 0.0692. The van der Waals surface area contributed by atoms with Crippen molar-refractivity contribution in [1.82, 2.24) is 9.97 Å². The quantitative estimate of drug-likeness (QED) is 0.618. The molecular formula is C12H12N2O3S. The molecule has 94 valence electrons. The molecule has 0 amide bonds. The zero-order valence-corrected chi connectivity index (χ0v) is 10.3. The van der Waals surface area contributed by atoms with Crippen LogP contribution in [0.5, 0.6) is 5.75 Å². The van der Waals surface area contributed by atoms with Gasteiger partial charge in [0.05, 0.1) is 6.61 Å². The van der Waals surface area contributed by atoms with E-state index < -0.39 is 5.97 Å². The molecule has 0 aliphatic carbocycles. The summed E-state index contributed by atoms with van der Waals surface area (Å²) in [4.78, 5) is 18.0. The van der Waals surface area contributed by atoms with E-state index in [0.29, 0.717) is 18.1 Å². The van der Waals surface area contributed by atoms with Crippen molar-refractivity contribution in [2.75, 3.05) is 12.4 Å². The average Bonchev–Trinajstić information content (AvgIpc) is 2.88. The van der Waals surface area contributed by atoms with E-state index in [1.807, 2.05) is 0 Å². The van der Waals surface area contributed by atoms with E-state index in [9.17, 15) is 4.79 Å². The fraction of sp³-hybridized carbons (Fsp3) is 0.167. The number of thioether (sulfide) groups is 1. The summed E-state index contributed by atoms with van der Waals surface area (Å²) in [6.07, 6.45) is 3.44. The van der Waals surface area contributed by atoms with Gasteiger partial charge in [-0.2, -0.15) is 0 Å². The summed E-state index contributed by atoms with van der Waals surface area (Å²) >= 11 is 1.52. The van der Waals surface area contributed by atoms with Crippen molar-refractivity contribution in [2.24, 2.45) is 0 Å². The fourth-order valence-electron chi connectivity index (χ4n) is 1.39. The predicted molar refractivity (Wildman–Crippen MR) is 68.2 cm³/mol. The molecule has 0 atom stereocenters. The van der Waals surface area contributed by atoms with Gasteiger partial charge in [-0.1, -0.05) is 23.9 Å². The van der Waals surface area contributed by atoms with Crippen molar-refractivity contribution < 1.29 is 14.6 Å². The molecule has 2 N–H and O–H groups in total. The number of H-pyrrole nitrogens is 1. The minimum absolute atomic E-state index is 0.181. The van der Waals surface area contributed by atoms with Gasteiger partial charge >= 0.3 is 5.97 Å². The summed E-state index contributed by atoms with van der Waals surface area (Å²) in [5.41, 5.74) is 0.181. The third kappa shape index (κ3) is 3.27. The maximum absolute atomic E-state index is 10.9. The van der Waals surface area contributed by atoms with E-state index >= 15 is 0 Å². The number of hydrogen-bond acceptors (Lipinski definition) is 4. The second-order valence-corrected chi connectivity index (χ2v) is 4.48. The Morgan fingerprint density at radius 1 is 1.44 bits per heavy atom. The van der Waals surface area contributed by atoms with Gasteiger partial charge in [-0.25, -0.2) is 9.78 Å². The Balaban J connectivity index is 1.85. The van der Waals surface area contributed by atoms with Crippen LogP contribution in [0.25, 0.3) is 0 Å². The van der Waals surface area contributed by atoms with Crippen molar-refractivity contribution >= 4 is 17.7 Å². The highest BCUT2D eigenvalue weighted by molar-refractivity contribution is 7.99. The van der Waals surface area contributed by atoms with E-state index in [0.717, 1.165) is 5.16 Å². The molecular weight excluding hydrogens is 252 g/mol. The third-order valence-corrected chi connectivity index (χ3v) is 3.04. The monoisotopic (exact) mass is 264 g/mol. The second kappa shape index (κ2) is 6.11. The number of aromatic carboxylic acids is 1. The first kappa shape index (κ1) is 12.5. The van der Waals surface area contributed by atoms with Crippen LogP contribution in [0.15, 0.2) is 41.8 Å². The lowest BCUT2D eigenvalue weighted by Gasteiger charge is -2.07. The molecule has 2 rings (SSSR count). The second-order valence-electron chi connectivity index (χ2n) is 3.39. The Labute approximate surface area is 108 Å². The van der Waals surface area contributed by atoms with Crippen LogP contribution >= 0.6 is 11.8 Å². The minimum atomic E-state index is -0.982. The number of aromatic amines is 1. The summed E-state index contributed by atoms with van der Waals surface area (Å²) in [5, 5.41) is 9.80. The Morgan fingerprint density at radius 2 is 2.28 bits per heavy atom. The van der Waals surface area contributed by atoms with Crippen LogP contribution in [0.2, 0.25) is 0 Å². The Kier molecular flexibility index (Phi) is 4.25. The van der Waals surface area contributed by atoms with Crippen LogP contribution in [0.3, 0.4) is 0 Å². The van der Waals surface area contributed by atoms with E-state index in [1.165, 1.54) is 17.8 Å². The molecule has 18 heavy (non-hydrogen) atoms. The van der Waals surface area contributed by atoms with Crippen molar-refractivity contribution in [3.63, 3.8) is 0 Å².